The molecule has 0 radical (unpaired) electrons. The van der Waals surface area contributed by atoms with Gasteiger partial charge in [-0.3, -0.25) is 4.57 Å². The van der Waals surface area contributed by atoms with Gasteiger partial charge < -0.3 is 4.98 Å². The summed E-state index contributed by atoms with van der Waals surface area (Å²) < 4.78 is 28.6. The molecule has 0 unspecified atom stereocenters. The number of benzene rings is 2. The van der Waals surface area contributed by atoms with Crippen LogP contribution in [0.15, 0.2) is 53.3 Å². The largest absolute Gasteiger partial charge is 0.326 e. The number of hydrogen-bond acceptors (Lipinski definition) is 3. The van der Waals surface area contributed by atoms with Crippen molar-refractivity contribution in [3.05, 3.63) is 70.1 Å². The third kappa shape index (κ3) is 4.37. The Hall–Kier alpha value is -2.38. The van der Waals surface area contributed by atoms with Crippen molar-refractivity contribution in [1.29, 1.82) is 0 Å². The van der Waals surface area contributed by atoms with Crippen LogP contribution in [0.4, 0.5) is 0 Å². The normalized spacial score (nSPS) is 11.9. The summed E-state index contributed by atoms with van der Waals surface area (Å²) >= 11 is 0. The quantitative estimate of drug-likeness (QED) is 0.634. The maximum Gasteiger partial charge on any atom is 0.326 e. The van der Waals surface area contributed by atoms with Crippen molar-refractivity contribution in [2.45, 2.75) is 25.6 Å². The number of nitrogens with one attached hydrogen (secondary N) is 2. The molecule has 2 aromatic carbocycles. The molecule has 2 N–H and O–H groups in total. The molecule has 7 heteroatoms. The lowest BCUT2D eigenvalue weighted by Crippen LogP contribution is -2.28. The topological polar surface area (TPSA) is 84.0 Å². The van der Waals surface area contributed by atoms with E-state index in [1.165, 1.54) is 0 Å². The number of para-hydroxylation sites is 2. The zero-order valence-electron chi connectivity index (χ0n) is 14.0. The first kappa shape index (κ1) is 17.4. The lowest BCUT2D eigenvalue weighted by Gasteiger charge is -2.08. The van der Waals surface area contributed by atoms with E-state index >= 15 is 0 Å². The number of H-pyrrole nitrogens is 1. The van der Waals surface area contributed by atoms with E-state index in [1.807, 2.05) is 49.4 Å². The summed E-state index contributed by atoms with van der Waals surface area (Å²) in [5.74, 6) is -0.0400. The van der Waals surface area contributed by atoms with E-state index in [-0.39, 0.29) is 11.4 Å². The molecule has 1 heterocycles. The number of aryl methyl sites for hydroxylation is 2. The smallest absolute Gasteiger partial charge is 0.306 e. The van der Waals surface area contributed by atoms with E-state index < -0.39 is 10.0 Å². The minimum Gasteiger partial charge on any atom is -0.306 e. The lowest BCUT2D eigenvalue weighted by molar-refractivity contribution is 0.569. The second-order valence-electron chi connectivity index (χ2n) is 6.09. The maximum atomic E-state index is 12.2. The predicted octanol–water partition coefficient (Wildman–Crippen LogP) is 2.15. The molecule has 1 aromatic heterocycles. The molecule has 0 amide bonds. The predicted molar refractivity (Wildman–Crippen MR) is 99.0 cm³/mol. The Labute approximate surface area is 146 Å². The van der Waals surface area contributed by atoms with Crippen molar-refractivity contribution in [3.63, 3.8) is 0 Å². The van der Waals surface area contributed by atoms with Crippen molar-refractivity contribution in [1.82, 2.24) is 14.3 Å². The van der Waals surface area contributed by atoms with Gasteiger partial charge in [0, 0.05) is 13.1 Å². The van der Waals surface area contributed by atoms with E-state index in [0.717, 1.165) is 22.2 Å². The highest BCUT2D eigenvalue weighted by atomic mass is 32.2. The standard InChI is InChI=1S/C18H21N3O3S/c1-14-6-4-7-15(12-14)13-25(23,24)19-10-5-11-21-17-9-3-2-8-16(17)20-18(21)22/h2-4,6-9,12,19H,5,10-11,13H2,1H3,(H,20,22). The Kier molecular flexibility index (Phi) is 5.06. The van der Waals surface area contributed by atoms with Gasteiger partial charge in [0.25, 0.3) is 0 Å². The van der Waals surface area contributed by atoms with E-state index in [2.05, 4.69) is 9.71 Å². The van der Waals surface area contributed by atoms with Crippen LogP contribution in [0.3, 0.4) is 0 Å². The summed E-state index contributed by atoms with van der Waals surface area (Å²) in [5.41, 5.74) is 3.23. The maximum absolute atomic E-state index is 12.2. The van der Waals surface area contributed by atoms with Gasteiger partial charge in [0.2, 0.25) is 10.0 Å². The molecule has 3 aromatic rings. The van der Waals surface area contributed by atoms with Crippen molar-refractivity contribution < 1.29 is 8.42 Å². The molecule has 0 bridgehead atoms. The lowest BCUT2D eigenvalue weighted by atomic mass is 10.2. The Morgan fingerprint density at radius 1 is 1.12 bits per heavy atom. The average Bonchev–Trinajstić information content (AvgIpc) is 2.86. The van der Waals surface area contributed by atoms with Crippen LogP contribution in [0.2, 0.25) is 0 Å². The highest BCUT2D eigenvalue weighted by Gasteiger charge is 2.11. The molecule has 0 saturated carbocycles. The number of sulfonamides is 1. The van der Waals surface area contributed by atoms with Crippen LogP contribution in [0.5, 0.6) is 0 Å². The summed E-state index contributed by atoms with van der Waals surface area (Å²) in [4.78, 5) is 14.8. The zero-order valence-corrected chi connectivity index (χ0v) is 14.8. The number of aromatic amines is 1. The molecule has 0 aliphatic rings. The first-order valence-electron chi connectivity index (χ1n) is 8.15. The minimum absolute atomic E-state index is 0.0400. The van der Waals surface area contributed by atoms with E-state index in [1.54, 1.807) is 10.6 Å². The summed E-state index contributed by atoms with van der Waals surface area (Å²) in [5, 5.41) is 0. The van der Waals surface area contributed by atoms with Crippen LogP contribution < -0.4 is 10.4 Å². The fraction of sp³-hybridized carbons (Fsp3) is 0.278. The Morgan fingerprint density at radius 2 is 1.92 bits per heavy atom. The van der Waals surface area contributed by atoms with Crippen molar-refractivity contribution in [2.24, 2.45) is 0 Å². The van der Waals surface area contributed by atoms with Crippen LogP contribution >= 0.6 is 0 Å². The molecular weight excluding hydrogens is 338 g/mol. The molecule has 3 rings (SSSR count). The first-order chi connectivity index (χ1) is 11.9. The van der Waals surface area contributed by atoms with Crippen LogP contribution in [0, 0.1) is 6.92 Å². The third-order valence-corrected chi connectivity index (χ3v) is 5.36. The van der Waals surface area contributed by atoms with Crippen LogP contribution in [-0.4, -0.2) is 24.5 Å². The van der Waals surface area contributed by atoms with Gasteiger partial charge in [0.05, 0.1) is 16.8 Å². The fourth-order valence-corrected chi connectivity index (χ4v) is 4.04. The van der Waals surface area contributed by atoms with Gasteiger partial charge in [0.1, 0.15) is 0 Å². The molecule has 132 valence electrons. The highest BCUT2D eigenvalue weighted by Crippen LogP contribution is 2.10. The first-order valence-corrected chi connectivity index (χ1v) is 9.80. The van der Waals surface area contributed by atoms with Gasteiger partial charge in [-0.05, 0) is 31.0 Å². The molecule has 0 fully saturated rings. The second-order valence-corrected chi connectivity index (χ2v) is 7.90. The van der Waals surface area contributed by atoms with E-state index in [4.69, 9.17) is 0 Å². The molecule has 0 saturated heterocycles. The second kappa shape index (κ2) is 7.25. The number of rotatable bonds is 7. The summed E-state index contributed by atoms with van der Waals surface area (Å²) in [6.45, 7) is 2.68. The molecule has 0 aliphatic heterocycles. The van der Waals surface area contributed by atoms with Crippen molar-refractivity contribution in [3.8, 4) is 0 Å². The van der Waals surface area contributed by atoms with Gasteiger partial charge in [-0.25, -0.2) is 17.9 Å². The molecule has 25 heavy (non-hydrogen) atoms. The highest BCUT2D eigenvalue weighted by molar-refractivity contribution is 7.88. The Bertz CT molecular complexity index is 1030. The van der Waals surface area contributed by atoms with Gasteiger partial charge in [-0.2, -0.15) is 0 Å². The molecule has 0 aliphatic carbocycles. The third-order valence-electron chi connectivity index (χ3n) is 4.00. The van der Waals surface area contributed by atoms with Gasteiger partial charge >= 0.3 is 5.69 Å². The van der Waals surface area contributed by atoms with E-state index in [9.17, 15) is 13.2 Å². The average molecular weight is 359 g/mol. The molecule has 0 spiro atoms. The number of hydrogen-bond donors (Lipinski definition) is 2. The number of imidazole rings is 1. The number of fused-ring (bicyclic) bond motifs is 1. The van der Waals surface area contributed by atoms with E-state index in [0.29, 0.717) is 19.5 Å². The van der Waals surface area contributed by atoms with Crippen molar-refractivity contribution in [2.75, 3.05) is 6.54 Å². The molecule has 0 atom stereocenters. The van der Waals surface area contributed by atoms with Crippen LogP contribution in [0.1, 0.15) is 17.5 Å². The monoisotopic (exact) mass is 359 g/mol. The minimum atomic E-state index is -3.39. The van der Waals surface area contributed by atoms with Crippen LogP contribution in [0.25, 0.3) is 11.0 Å². The molecular formula is C18H21N3O3S. The van der Waals surface area contributed by atoms with Gasteiger partial charge in [-0.1, -0.05) is 42.0 Å². The fourth-order valence-electron chi connectivity index (χ4n) is 2.87. The van der Waals surface area contributed by atoms with Gasteiger partial charge in [-0.15, -0.1) is 0 Å². The summed E-state index contributed by atoms with van der Waals surface area (Å²) in [6.07, 6.45) is 0.537. The van der Waals surface area contributed by atoms with Crippen LogP contribution in [-0.2, 0) is 22.3 Å². The number of nitrogens with zero attached hydrogens (tertiary/aromatic N) is 1. The number of aromatic nitrogens is 2. The zero-order chi connectivity index (χ0) is 17.9. The Balaban J connectivity index is 1.57. The van der Waals surface area contributed by atoms with Gasteiger partial charge in [0.15, 0.2) is 0 Å². The summed E-state index contributed by atoms with van der Waals surface area (Å²) in [7, 11) is -3.39. The van der Waals surface area contributed by atoms with Crippen molar-refractivity contribution >= 4 is 21.1 Å². The summed E-state index contributed by atoms with van der Waals surface area (Å²) in [6, 6.07) is 14.9. The molecule has 6 nitrogen and oxygen atoms in total. The SMILES string of the molecule is Cc1cccc(CS(=O)(=O)NCCCn2c(=O)[nH]c3ccccc32)c1. The Morgan fingerprint density at radius 3 is 2.72 bits per heavy atom.